The summed E-state index contributed by atoms with van der Waals surface area (Å²) in [5, 5.41) is 6.89. The third-order valence-electron chi connectivity index (χ3n) is 5.41. The first-order chi connectivity index (χ1) is 12.0. The lowest BCUT2D eigenvalue weighted by atomic mass is 9.91. The molecule has 1 aromatic carbocycles. The van der Waals surface area contributed by atoms with Gasteiger partial charge in [-0.1, -0.05) is 26.0 Å². The first kappa shape index (κ1) is 19.7. The molecule has 2 aliphatic rings. The maximum atomic E-state index is 8.36. The Morgan fingerprint density at radius 1 is 1.28 bits per heavy atom. The van der Waals surface area contributed by atoms with E-state index in [1.165, 1.54) is 51.0 Å². The van der Waals surface area contributed by atoms with Crippen molar-refractivity contribution in [1.82, 2.24) is 9.80 Å². The van der Waals surface area contributed by atoms with E-state index in [2.05, 4.69) is 41.8 Å². The van der Waals surface area contributed by atoms with E-state index in [-0.39, 0.29) is 6.47 Å². The van der Waals surface area contributed by atoms with Crippen molar-refractivity contribution < 1.29 is 14.6 Å². The van der Waals surface area contributed by atoms with Crippen LogP contribution < -0.4 is 4.74 Å². The van der Waals surface area contributed by atoms with Crippen LogP contribution in [0.5, 0.6) is 5.75 Å². The molecule has 0 bridgehead atoms. The van der Waals surface area contributed by atoms with Crippen LogP contribution in [-0.2, 0) is 11.3 Å². The van der Waals surface area contributed by atoms with Crippen molar-refractivity contribution >= 4 is 6.47 Å². The van der Waals surface area contributed by atoms with Crippen molar-refractivity contribution in [3.63, 3.8) is 0 Å². The van der Waals surface area contributed by atoms with Crippen LogP contribution in [-0.4, -0.2) is 60.7 Å². The maximum absolute atomic E-state index is 8.36. The summed E-state index contributed by atoms with van der Waals surface area (Å²) >= 11 is 0. The summed E-state index contributed by atoms with van der Waals surface area (Å²) in [4.78, 5) is 13.7. The second kappa shape index (κ2) is 9.20. The lowest BCUT2D eigenvalue weighted by molar-refractivity contribution is -0.122. The molecule has 1 N–H and O–H groups in total. The number of methoxy groups -OCH3 is 1. The number of carboxylic acid groups (broad SMARTS) is 1. The number of piperazine rings is 1. The molecule has 1 aliphatic carbocycles. The largest absolute Gasteiger partial charge is 0.497 e. The minimum Gasteiger partial charge on any atom is -0.497 e. The van der Waals surface area contributed by atoms with Gasteiger partial charge in [0.15, 0.2) is 0 Å². The average molecular weight is 348 g/mol. The summed E-state index contributed by atoms with van der Waals surface area (Å²) in [6, 6.07) is 9.29. The van der Waals surface area contributed by atoms with Crippen LogP contribution in [0.4, 0.5) is 0 Å². The third-order valence-corrected chi connectivity index (χ3v) is 5.41. The van der Waals surface area contributed by atoms with E-state index in [9.17, 15) is 0 Å². The van der Waals surface area contributed by atoms with Crippen LogP contribution in [0.25, 0.3) is 0 Å². The molecule has 0 spiro atoms. The number of ether oxygens (including phenoxy) is 1. The standard InChI is InChI=1S/C19H30N2O.CH2O2/c1-19(2)8-7-17(14-19)21-11-9-20(10-12-21)15-16-5-4-6-18(13-16)22-3;2-1-3/h4-6,13,17H,7-12,14-15H2,1-3H3;1H,(H,2,3). The zero-order valence-corrected chi connectivity index (χ0v) is 15.8. The van der Waals surface area contributed by atoms with Gasteiger partial charge in [-0.3, -0.25) is 14.6 Å². The molecule has 0 aromatic heterocycles. The van der Waals surface area contributed by atoms with E-state index in [0.717, 1.165) is 18.3 Å². The van der Waals surface area contributed by atoms with Gasteiger partial charge in [-0.2, -0.15) is 0 Å². The Morgan fingerprint density at radius 3 is 2.52 bits per heavy atom. The van der Waals surface area contributed by atoms with Crippen LogP contribution in [0.15, 0.2) is 24.3 Å². The van der Waals surface area contributed by atoms with E-state index >= 15 is 0 Å². The normalized spacial score (nSPS) is 23.6. The molecule has 1 aliphatic heterocycles. The predicted molar refractivity (Wildman–Crippen MR) is 100.0 cm³/mol. The molecule has 1 unspecified atom stereocenters. The summed E-state index contributed by atoms with van der Waals surface area (Å²) in [5.41, 5.74) is 1.91. The number of benzene rings is 1. The number of hydrogen-bond acceptors (Lipinski definition) is 4. The van der Waals surface area contributed by atoms with Gasteiger partial charge >= 0.3 is 0 Å². The summed E-state index contributed by atoms with van der Waals surface area (Å²) in [5.74, 6) is 0.962. The molecule has 0 radical (unpaired) electrons. The van der Waals surface area contributed by atoms with E-state index in [4.69, 9.17) is 14.6 Å². The van der Waals surface area contributed by atoms with Crippen molar-refractivity contribution in [3.8, 4) is 5.75 Å². The molecule has 1 aromatic rings. The summed E-state index contributed by atoms with van der Waals surface area (Å²) in [7, 11) is 1.74. The fourth-order valence-electron chi connectivity index (χ4n) is 4.03. The van der Waals surface area contributed by atoms with Gasteiger partial charge in [-0.25, -0.2) is 0 Å². The molecule has 1 saturated carbocycles. The molecule has 2 fully saturated rings. The minimum absolute atomic E-state index is 0.250. The smallest absolute Gasteiger partial charge is 0.290 e. The Hall–Kier alpha value is -1.59. The minimum atomic E-state index is -0.250. The third kappa shape index (κ3) is 6.01. The Bertz CT molecular complexity index is 539. The fourth-order valence-corrected chi connectivity index (χ4v) is 4.03. The second-order valence-corrected chi connectivity index (χ2v) is 7.83. The molecular weight excluding hydrogens is 316 g/mol. The summed E-state index contributed by atoms with van der Waals surface area (Å²) in [6.45, 7) is 10.5. The molecule has 3 rings (SSSR count). The quantitative estimate of drug-likeness (QED) is 0.848. The van der Waals surface area contributed by atoms with E-state index in [1.807, 2.05) is 6.07 Å². The van der Waals surface area contributed by atoms with Crippen molar-refractivity contribution in [2.75, 3.05) is 33.3 Å². The maximum Gasteiger partial charge on any atom is 0.290 e. The molecular formula is C20H32N2O3. The first-order valence-corrected chi connectivity index (χ1v) is 9.14. The van der Waals surface area contributed by atoms with Crippen molar-refractivity contribution in [1.29, 1.82) is 0 Å². The van der Waals surface area contributed by atoms with Crippen LogP contribution in [0.3, 0.4) is 0 Å². The van der Waals surface area contributed by atoms with Crippen LogP contribution in [0.1, 0.15) is 38.7 Å². The Morgan fingerprint density at radius 2 is 1.96 bits per heavy atom. The molecule has 140 valence electrons. The lowest BCUT2D eigenvalue weighted by Gasteiger charge is -2.38. The average Bonchev–Trinajstić information content (AvgIpc) is 2.96. The van der Waals surface area contributed by atoms with Gasteiger partial charge in [-0.15, -0.1) is 0 Å². The first-order valence-electron chi connectivity index (χ1n) is 9.14. The van der Waals surface area contributed by atoms with Gasteiger partial charge in [0.2, 0.25) is 0 Å². The number of nitrogens with zero attached hydrogens (tertiary/aromatic N) is 2. The molecule has 5 nitrogen and oxygen atoms in total. The predicted octanol–water partition coefficient (Wildman–Crippen LogP) is 3.09. The zero-order valence-electron chi connectivity index (χ0n) is 15.8. The Balaban J connectivity index is 0.000000701. The van der Waals surface area contributed by atoms with E-state index in [1.54, 1.807) is 7.11 Å². The van der Waals surface area contributed by atoms with Crippen molar-refractivity contribution in [3.05, 3.63) is 29.8 Å². The van der Waals surface area contributed by atoms with Gasteiger partial charge in [-0.05, 0) is 42.4 Å². The van der Waals surface area contributed by atoms with Crippen LogP contribution >= 0.6 is 0 Å². The SMILES string of the molecule is COc1cccc(CN2CCN(C3CCC(C)(C)C3)CC2)c1.O=CO. The van der Waals surface area contributed by atoms with Crippen molar-refractivity contribution in [2.24, 2.45) is 5.41 Å². The monoisotopic (exact) mass is 348 g/mol. The highest BCUT2D eigenvalue weighted by Crippen LogP contribution is 2.39. The van der Waals surface area contributed by atoms with Gasteiger partial charge in [0.1, 0.15) is 5.75 Å². The molecule has 1 atom stereocenters. The lowest BCUT2D eigenvalue weighted by Crippen LogP contribution is -2.49. The molecule has 5 heteroatoms. The van der Waals surface area contributed by atoms with Gasteiger partial charge < -0.3 is 9.84 Å². The second-order valence-electron chi connectivity index (χ2n) is 7.83. The van der Waals surface area contributed by atoms with Gasteiger partial charge in [0.05, 0.1) is 7.11 Å². The Kier molecular flexibility index (Phi) is 7.26. The topological polar surface area (TPSA) is 53.0 Å². The fraction of sp³-hybridized carbons (Fsp3) is 0.650. The van der Waals surface area contributed by atoms with Crippen LogP contribution in [0.2, 0.25) is 0 Å². The van der Waals surface area contributed by atoms with Crippen molar-refractivity contribution in [2.45, 2.75) is 45.7 Å². The highest BCUT2D eigenvalue weighted by molar-refractivity contribution is 5.32. The van der Waals surface area contributed by atoms with Crippen LogP contribution in [0, 0.1) is 5.41 Å². The number of hydrogen-bond donors (Lipinski definition) is 1. The molecule has 1 saturated heterocycles. The zero-order chi connectivity index (χ0) is 18.3. The number of rotatable bonds is 4. The van der Waals surface area contributed by atoms with Gasteiger partial charge in [0.25, 0.3) is 6.47 Å². The highest BCUT2D eigenvalue weighted by atomic mass is 16.5. The Labute approximate surface area is 151 Å². The highest BCUT2D eigenvalue weighted by Gasteiger charge is 2.35. The molecule has 1 heterocycles. The van der Waals surface area contributed by atoms with E-state index < -0.39 is 0 Å². The summed E-state index contributed by atoms with van der Waals surface area (Å²) in [6.07, 6.45) is 4.16. The molecule has 25 heavy (non-hydrogen) atoms. The van der Waals surface area contributed by atoms with Gasteiger partial charge in [0, 0.05) is 38.8 Å². The number of carbonyl (C=O) groups is 1. The summed E-state index contributed by atoms with van der Waals surface area (Å²) < 4.78 is 5.32. The van der Waals surface area contributed by atoms with E-state index in [0.29, 0.717) is 5.41 Å². The molecule has 0 amide bonds.